The number of hydrogen-bond donors (Lipinski definition) is 1. The van der Waals surface area contributed by atoms with Crippen LogP contribution in [0, 0.1) is 0 Å². The van der Waals surface area contributed by atoms with Crippen LogP contribution in [-0.2, 0) is 6.54 Å². The summed E-state index contributed by atoms with van der Waals surface area (Å²) in [4.78, 5) is 6.43. The van der Waals surface area contributed by atoms with Gasteiger partial charge in [0.2, 0.25) is 0 Å². The highest BCUT2D eigenvalue weighted by atomic mass is 15.1. The van der Waals surface area contributed by atoms with Gasteiger partial charge in [-0.15, -0.1) is 0 Å². The standard InChI is InChI=1S/C14H17N3/c1-15-14-10-12(8-9-16-14)11-17(2)13-6-4-3-5-7-13/h3-10H,11H2,1-2H3,(H,15,16). The lowest BCUT2D eigenvalue weighted by Crippen LogP contribution is -2.16. The molecule has 0 radical (unpaired) electrons. The van der Waals surface area contributed by atoms with E-state index in [0.717, 1.165) is 12.4 Å². The molecule has 0 fully saturated rings. The monoisotopic (exact) mass is 227 g/mol. The van der Waals surface area contributed by atoms with Gasteiger partial charge in [0.05, 0.1) is 0 Å². The number of aromatic nitrogens is 1. The molecule has 0 aliphatic heterocycles. The fraction of sp³-hybridized carbons (Fsp3) is 0.214. The van der Waals surface area contributed by atoms with Gasteiger partial charge in [-0.1, -0.05) is 18.2 Å². The van der Waals surface area contributed by atoms with Crippen LogP contribution in [0.25, 0.3) is 0 Å². The van der Waals surface area contributed by atoms with E-state index >= 15 is 0 Å². The molecule has 0 amide bonds. The number of anilines is 2. The molecule has 3 nitrogen and oxygen atoms in total. The number of pyridine rings is 1. The number of para-hydroxylation sites is 1. The summed E-state index contributed by atoms with van der Waals surface area (Å²) >= 11 is 0. The summed E-state index contributed by atoms with van der Waals surface area (Å²) in [6.07, 6.45) is 1.83. The maximum absolute atomic E-state index is 4.21. The van der Waals surface area contributed by atoms with Crippen LogP contribution < -0.4 is 10.2 Å². The molecule has 0 aliphatic rings. The third-order valence-electron chi connectivity index (χ3n) is 2.70. The number of rotatable bonds is 4. The van der Waals surface area contributed by atoms with Gasteiger partial charge in [-0.3, -0.25) is 0 Å². The van der Waals surface area contributed by atoms with E-state index in [1.807, 2.05) is 25.4 Å². The molecule has 88 valence electrons. The van der Waals surface area contributed by atoms with Crippen LogP contribution in [0.15, 0.2) is 48.7 Å². The average molecular weight is 227 g/mol. The molecule has 0 spiro atoms. The summed E-state index contributed by atoms with van der Waals surface area (Å²) < 4.78 is 0. The van der Waals surface area contributed by atoms with Gasteiger partial charge < -0.3 is 10.2 Å². The number of benzene rings is 1. The molecule has 17 heavy (non-hydrogen) atoms. The van der Waals surface area contributed by atoms with E-state index in [2.05, 4.69) is 52.6 Å². The molecular formula is C14H17N3. The van der Waals surface area contributed by atoms with Crippen molar-refractivity contribution in [3.63, 3.8) is 0 Å². The van der Waals surface area contributed by atoms with Crippen molar-refractivity contribution in [1.82, 2.24) is 4.98 Å². The van der Waals surface area contributed by atoms with E-state index < -0.39 is 0 Å². The van der Waals surface area contributed by atoms with Gasteiger partial charge >= 0.3 is 0 Å². The van der Waals surface area contributed by atoms with Gasteiger partial charge in [-0.25, -0.2) is 4.98 Å². The van der Waals surface area contributed by atoms with Crippen molar-refractivity contribution in [2.45, 2.75) is 6.54 Å². The third-order valence-corrected chi connectivity index (χ3v) is 2.70. The van der Waals surface area contributed by atoms with Gasteiger partial charge in [-0.2, -0.15) is 0 Å². The van der Waals surface area contributed by atoms with Crippen molar-refractivity contribution in [2.75, 3.05) is 24.3 Å². The first-order valence-electron chi connectivity index (χ1n) is 5.68. The minimum Gasteiger partial charge on any atom is -0.373 e. The maximum Gasteiger partial charge on any atom is 0.125 e. The molecule has 0 atom stereocenters. The lowest BCUT2D eigenvalue weighted by atomic mass is 10.2. The molecule has 1 N–H and O–H groups in total. The van der Waals surface area contributed by atoms with Crippen molar-refractivity contribution in [3.8, 4) is 0 Å². The first-order valence-corrected chi connectivity index (χ1v) is 5.68. The van der Waals surface area contributed by atoms with Crippen LogP contribution >= 0.6 is 0 Å². The normalized spacial score (nSPS) is 10.0. The van der Waals surface area contributed by atoms with Crippen LogP contribution in [0.1, 0.15) is 5.56 Å². The first-order chi connectivity index (χ1) is 8.29. The number of hydrogen-bond acceptors (Lipinski definition) is 3. The summed E-state index contributed by atoms with van der Waals surface area (Å²) in [5.41, 5.74) is 2.46. The van der Waals surface area contributed by atoms with Gasteiger partial charge in [0, 0.05) is 32.5 Å². The number of nitrogens with one attached hydrogen (secondary N) is 1. The van der Waals surface area contributed by atoms with E-state index in [-0.39, 0.29) is 0 Å². The van der Waals surface area contributed by atoms with E-state index in [1.54, 1.807) is 0 Å². The molecule has 1 aromatic carbocycles. The zero-order chi connectivity index (χ0) is 12.1. The minimum atomic E-state index is 0.876. The molecule has 2 rings (SSSR count). The smallest absolute Gasteiger partial charge is 0.125 e. The molecule has 2 aromatic rings. The number of nitrogens with zero attached hydrogens (tertiary/aromatic N) is 2. The Labute approximate surface area is 102 Å². The Morgan fingerprint density at radius 2 is 1.94 bits per heavy atom. The Morgan fingerprint density at radius 3 is 2.65 bits per heavy atom. The zero-order valence-electron chi connectivity index (χ0n) is 10.2. The minimum absolute atomic E-state index is 0.876. The second kappa shape index (κ2) is 5.34. The second-order valence-corrected chi connectivity index (χ2v) is 3.99. The van der Waals surface area contributed by atoms with Crippen LogP contribution in [0.3, 0.4) is 0 Å². The van der Waals surface area contributed by atoms with Gasteiger partial charge in [0.25, 0.3) is 0 Å². The fourth-order valence-corrected chi connectivity index (χ4v) is 1.76. The third kappa shape index (κ3) is 2.97. The maximum atomic E-state index is 4.21. The molecule has 0 bridgehead atoms. The fourth-order valence-electron chi connectivity index (χ4n) is 1.76. The molecule has 3 heteroatoms. The Morgan fingerprint density at radius 1 is 1.18 bits per heavy atom. The predicted octanol–water partition coefficient (Wildman–Crippen LogP) is 2.76. The highest BCUT2D eigenvalue weighted by Crippen LogP contribution is 2.15. The molecule has 0 aliphatic carbocycles. The second-order valence-electron chi connectivity index (χ2n) is 3.99. The molecule has 0 unspecified atom stereocenters. The summed E-state index contributed by atoms with van der Waals surface area (Å²) in [6, 6.07) is 14.5. The van der Waals surface area contributed by atoms with E-state index in [0.29, 0.717) is 0 Å². The van der Waals surface area contributed by atoms with Gasteiger partial charge in [0.15, 0.2) is 0 Å². The highest BCUT2D eigenvalue weighted by Gasteiger charge is 2.02. The van der Waals surface area contributed by atoms with Crippen LogP contribution in [0.4, 0.5) is 11.5 Å². The molecule has 0 saturated carbocycles. The Hall–Kier alpha value is -2.03. The molecular weight excluding hydrogens is 210 g/mol. The summed E-state index contributed by atoms with van der Waals surface area (Å²) in [7, 11) is 3.97. The van der Waals surface area contributed by atoms with E-state index in [1.165, 1.54) is 11.3 Å². The summed E-state index contributed by atoms with van der Waals surface area (Å²) in [5.74, 6) is 0.906. The SMILES string of the molecule is CNc1cc(CN(C)c2ccccc2)ccn1. The Balaban J connectivity index is 2.10. The lowest BCUT2D eigenvalue weighted by molar-refractivity contribution is 0.920. The summed E-state index contributed by atoms with van der Waals surface area (Å²) in [6.45, 7) is 0.876. The highest BCUT2D eigenvalue weighted by molar-refractivity contribution is 5.46. The average Bonchev–Trinajstić information content (AvgIpc) is 2.40. The van der Waals surface area contributed by atoms with Crippen molar-refractivity contribution >= 4 is 11.5 Å². The largest absolute Gasteiger partial charge is 0.373 e. The quantitative estimate of drug-likeness (QED) is 0.870. The Kier molecular flexibility index (Phi) is 3.60. The van der Waals surface area contributed by atoms with Crippen LogP contribution in [0.2, 0.25) is 0 Å². The van der Waals surface area contributed by atoms with Gasteiger partial charge in [0.1, 0.15) is 5.82 Å². The summed E-state index contributed by atoms with van der Waals surface area (Å²) in [5, 5.41) is 3.05. The Bertz CT molecular complexity index is 468. The van der Waals surface area contributed by atoms with Crippen molar-refractivity contribution in [2.24, 2.45) is 0 Å². The first kappa shape index (κ1) is 11.5. The van der Waals surface area contributed by atoms with Crippen LogP contribution in [-0.4, -0.2) is 19.1 Å². The molecule has 1 aromatic heterocycles. The van der Waals surface area contributed by atoms with Gasteiger partial charge in [-0.05, 0) is 29.8 Å². The molecule has 1 heterocycles. The predicted molar refractivity (Wildman–Crippen MR) is 72.3 cm³/mol. The zero-order valence-corrected chi connectivity index (χ0v) is 10.2. The van der Waals surface area contributed by atoms with Crippen molar-refractivity contribution in [3.05, 3.63) is 54.2 Å². The molecule has 0 saturated heterocycles. The van der Waals surface area contributed by atoms with Crippen molar-refractivity contribution < 1.29 is 0 Å². The van der Waals surface area contributed by atoms with E-state index in [4.69, 9.17) is 0 Å². The van der Waals surface area contributed by atoms with Crippen molar-refractivity contribution in [1.29, 1.82) is 0 Å². The lowest BCUT2D eigenvalue weighted by Gasteiger charge is -2.19. The topological polar surface area (TPSA) is 28.2 Å². The van der Waals surface area contributed by atoms with E-state index in [9.17, 15) is 0 Å². The van der Waals surface area contributed by atoms with Crippen LogP contribution in [0.5, 0.6) is 0 Å².